The van der Waals surface area contributed by atoms with Crippen molar-refractivity contribution in [2.45, 2.75) is 335 Å². The highest BCUT2D eigenvalue weighted by Crippen LogP contribution is 2.17. The lowest BCUT2D eigenvalue weighted by Gasteiger charge is -2.18. The molecule has 0 aliphatic rings. The van der Waals surface area contributed by atoms with Crippen LogP contribution in [0.2, 0.25) is 0 Å². The lowest BCUT2D eigenvalue weighted by Crippen LogP contribution is -2.30. The average Bonchev–Trinajstić information content (AvgIpc) is 3.49. The van der Waals surface area contributed by atoms with Crippen LogP contribution in [0, 0.1) is 0 Å². The first-order valence-electron chi connectivity index (χ1n) is 35.0. The topological polar surface area (TPSA) is 78.9 Å². The zero-order chi connectivity index (χ0) is 59.9. The molecule has 6 nitrogen and oxygen atoms in total. The van der Waals surface area contributed by atoms with E-state index in [0.717, 1.165) is 128 Å². The molecular formula is C77H130O6. The fourth-order valence-corrected chi connectivity index (χ4v) is 9.75. The summed E-state index contributed by atoms with van der Waals surface area (Å²) in [7, 11) is 0. The number of hydrogen-bond donors (Lipinski definition) is 0. The number of rotatable bonds is 63. The molecular weight excluding hydrogens is 1020 g/mol. The highest BCUT2D eigenvalue weighted by Gasteiger charge is 2.19. The minimum Gasteiger partial charge on any atom is -0.462 e. The van der Waals surface area contributed by atoms with Crippen molar-refractivity contribution in [1.29, 1.82) is 0 Å². The molecule has 6 heteroatoms. The van der Waals surface area contributed by atoms with E-state index in [1.807, 2.05) is 0 Å². The van der Waals surface area contributed by atoms with Crippen LogP contribution in [0.4, 0.5) is 0 Å². The Bertz CT molecular complexity index is 1700. The molecule has 0 heterocycles. The van der Waals surface area contributed by atoms with Gasteiger partial charge in [-0.3, -0.25) is 14.4 Å². The van der Waals surface area contributed by atoms with Gasteiger partial charge in [-0.1, -0.05) is 303 Å². The lowest BCUT2D eigenvalue weighted by atomic mass is 10.0. The summed E-state index contributed by atoms with van der Waals surface area (Å²) in [4.78, 5) is 38.4. The summed E-state index contributed by atoms with van der Waals surface area (Å²) in [6.45, 7) is 6.39. The molecule has 0 rings (SSSR count). The number of esters is 3. The van der Waals surface area contributed by atoms with Crippen LogP contribution in [0.1, 0.15) is 329 Å². The monoisotopic (exact) mass is 1150 g/mol. The van der Waals surface area contributed by atoms with E-state index in [1.165, 1.54) is 161 Å². The third kappa shape index (κ3) is 68.5. The molecule has 1 atom stereocenters. The lowest BCUT2D eigenvalue weighted by molar-refractivity contribution is -0.167. The highest BCUT2D eigenvalue weighted by atomic mass is 16.6. The molecule has 0 bridgehead atoms. The standard InChI is InChI=1S/C77H130O6/c1-4-7-10-13-16-19-22-25-27-29-31-32-33-34-35-36-37-38-39-40-41-42-43-44-46-47-49-52-55-58-61-64-67-70-76(79)82-73-74(72-81-75(78)69-66-63-60-57-54-51-24-21-18-15-12-9-6-3)83-77(80)71-68-65-62-59-56-53-50-48-45-30-28-26-23-20-17-14-11-8-5-2/h7-8,10-11,16-17,19-21,24-28,31-32,45,48,53,56,74H,4-6,9,12-15,18,22-23,29-30,33-44,46-47,49-52,54-55,57-73H2,1-3H3/b10-7-,11-8-,19-16-,20-17-,24-21-,27-25-,28-26-,32-31-,48-45-,56-53-. The molecule has 1 unspecified atom stereocenters. The van der Waals surface area contributed by atoms with Crippen molar-refractivity contribution in [1.82, 2.24) is 0 Å². The third-order valence-corrected chi connectivity index (χ3v) is 14.9. The normalized spacial score (nSPS) is 12.9. The van der Waals surface area contributed by atoms with Gasteiger partial charge in [0.2, 0.25) is 0 Å². The van der Waals surface area contributed by atoms with Crippen molar-refractivity contribution in [3.8, 4) is 0 Å². The molecule has 0 saturated heterocycles. The zero-order valence-electron chi connectivity index (χ0n) is 54.4. The second-order valence-corrected chi connectivity index (χ2v) is 23.0. The summed E-state index contributed by atoms with van der Waals surface area (Å²) in [5.41, 5.74) is 0. The van der Waals surface area contributed by atoms with Gasteiger partial charge in [0.15, 0.2) is 6.10 Å². The van der Waals surface area contributed by atoms with E-state index in [-0.39, 0.29) is 37.5 Å². The van der Waals surface area contributed by atoms with Crippen LogP contribution in [-0.2, 0) is 28.6 Å². The smallest absolute Gasteiger partial charge is 0.306 e. The van der Waals surface area contributed by atoms with Gasteiger partial charge in [0.05, 0.1) is 0 Å². The number of unbranched alkanes of at least 4 members (excludes halogenated alkanes) is 32. The zero-order valence-corrected chi connectivity index (χ0v) is 54.4. The van der Waals surface area contributed by atoms with Crippen molar-refractivity contribution in [3.05, 3.63) is 122 Å². The first kappa shape index (κ1) is 78.8. The maximum Gasteiger partial charge on any atom is 0.306 e. The van der Waals surface area contributed by atoms with Crippen LogP contribution in [0.25, 0.3) is 0 Å². The van der Waals surface area contributed by atoms with Crippen molar-refractivity contribution in [3.63, 3.8) is 0 Å². The fraction of sp³-hybridized carbons (Fsp3) is 0.701. The van der Waals surface area contributed by atoms with E-state index in [9.17, 15) is 14.4 Å². The van der Waals surface area contributed by atoms with Gasteiger partial charge < -0.3 is 14.2 Å². The Hall–Kier alpha value is -4.19. The Labute approximate surface area is 513 Å². The highest BCUT2D eigenvalue weighted by molar-refractivity contribution is 5.71. The van der Waals surface area contributed by atoms with Crippen LogP contribution in [0.15, 0.2) is 122 Å². The summed E-state index contributed by atoms with van der Waals surface area (Å²) in [5, 5.41) is 0. The number of carbonyl (C=O) groups is 3. The van der Waals surface area contributed by atoms with Gasteiger partial charge in [0.25, 0.3) is 0 Å². The van der Waals surface area contributed by atoms with Gasteiger partial charge in [0.1, 0.15) is 13.2 Å². The Balaban J connectivity index is 4.22. The molecule has 0 amide bonds. The van der Waals surface area contributed by atoms with Gasteiger partial charge in [-0.15, -0.1) is 0 Å². The molecule has 474 valence electrons. The summed E-state index contributed by atoms with van der Waals surface area (Å²) in [6.07, 6.45) is 98.1. The van der Waals surface area contributed by atoms with E-state index < -0.39 is 6.10 Å². The minimum atomic E-state index is -0.801. The number of allylic oxidation sites excluding steroid dienone is 20. The number of hydrogen-bond acceptors (Lipinski definition) is 6. The SMILES string of the molecule is CC/C=C\C/C=C\C/C=C\C/C=C\C/C=C\CCCCCC(=O)OC(COC(=O)CCCCCCC/C=C\CCCCCC)COC(=O)CCCCCCCCCCCCCCCCCCCCCC/C=C\C/C=C\C/C=C\C/C=C\CC. The van der Waals surface area contributed by atoms with Crippen LogP contribution in [-0.4, -0.2) is 37.2 Å². The average molecular weight is 1150 g/mol. The molecule has 0 radical (unpaired) electrons. The number of ether oxygens (including phenoxy) is 3. The molecule has 0 fully saturated rings. The van der Waals surface area contributed by atoms with Gasteiger partial charge in [0, 0.05) is 19.3 Å². The van der Waals surface area contributed by atoms with E-state index in [0.29, 0.717) is 12.8 Å². The van der Waals surface area contributed by atoms with Crippen molar-refractivity contribution in [2.75, 3.05) is 13.2 Å². The maximum absolute atomic E-state index is 12.9. The second kappa shape index (κ2) is 70.3. The number of carbonyl (C=O) groups excluding carboxylic acids is 3. The van der Waals surface area contributed by atoms with Gasteiger partial charge >= 0.3 is 17.9 Å². The van der Waals surface area contributed by atoms with Gasteiger partial charge in [-0.05, 0) is 128 Å². The molecule has 0 saturated carbocycles. The Kier molecular flexibility index (Phi) is 66.7. The van der Waals surface area contributed by atoms with E-state index >= 15 is 0 Å². The first-order valence-corrected chi connectivity index (χ1v) is 35.0. The molecule has 0 N–H and O–H groups in total. The molecule has 0 aromatic carbocycles. The Morgan fingerprint density at radius 2 is 0.470 bits per heavy atom. The largest absolute Gasteiger partial charge is 0.462 e. The molecule has 83 heavy (non-hydrogen) atoms. The van der Waals surface area contributed by atoms with Crippen LogP contribution < -0.4 is 0 Å². The fourth-order valence-electron chi connectivity index (χ4n) is 9.75. The molecule has 0 aliphatic heterocycles. The quantitative estimate of drug-likeness (QED) is 0.0261. The second-order valence-electron chi connectivity index (χ2n) is 23.0. The molecule has 0 aliphatic carbocycles. The molecule has 0 aromatic rings. The maximum atomic E-state index is 12.9. The van der Waals surface area contributed by atoms with Crippen LogP contribution in [0.3, 0.4) is 0 Å². The summed E-state index contributed by atoms with van der Waals surface area (Å²) >= 11 is 0. The predicted octanol–water partition coefficient (Wildman–Crippen LogP) is 24.3. The van der Waals surface area contributed by atoms with Crippen LogP contribution >= 0.6 is 0 Å². The van der Waals surface area contributed by atoms with Gasteiger partial charge in [-0.25, -0.2) is 0 Å². The van der Waals surface area contributed by atoms with E-state index in [2.05, 4.69) is 142 Å². The predicted molar refractivity (Wildman–Crippen MR) is 362 cm³/mol. The summed E-state index contributed by atoms with van der Waals surface area (Å²) in [5.74, 6) is -0.924. The van der Waals surface area contributed by atoms with Crippen LogP contribution in [0.5, 0.6) is 0 Å². The summed E-state index contributed by atoms with van der Waals surface area (Å²) in [6, 6.07) is 0. The van der Waals surface area contributed by atoms with Crippen molar-refractivity contribution < 1.29 is 28.6 Å². The first-order chi connectivity index (χ1) is 41.0. The van der Waals surface area contributed by atoms with Gasteiger partial charge in [-0.2, -0.15) is 0 Å². The molecule has 0 spiro atoms. The van der Waals surface area contributed by atoms with Crippen molar-refractivity contribution >= 4 is 17.9 Å². The van der Waals surface area contributed by atoms with E-state index in [1.54, 1.807) is 0 Å². The Morgan fingerprint density at radius 1 is 0.253 bits per heavy atom. The van der Waals surface area contributed by atoms with Crippen molar-refractivity contribution in [2.24, 2.45) is 0 Å². The molecule has 0 aromatic heterocycles. The third-order valence-electron chi connectivity index (χ3n) is 14.9. The van der Waals surface area contributed by atoms with E-state index in [4.69, 9.17) is 14.2 Å². The Morgan fingerprint density at radius 3 is 0.759 bits per heavy atom. The minimum absolute atomic E-state index is 0.0928. The summed E-state index contributed by atoms with van der Waals surface area (Å²) < 4.78 is 16.9.